The van der Waals surface area contributed by atoms with E-state index in [2.05, 4.69) is 15.2 Å². The first-order valence-electron chi connectivity index (χ1n) is 6.63. The highest BCUT2D eigenvalue weighted by atomic mass is 16.7. The van der Waals surface area contributed by atoms with Crippen LogP contribution in [0.5, 0.6) is 0 Å². The minimum Gasteiger partial charge on any atom is -0.458 e. The standard InChI is InChI=1S/C14H14N4O2/c15-14-10-4-9(17-18-14)5-16-6-11(10)8-1-2-12-13(3-8)20-7-19-12/h4,6H,1-3,5,7H2,(H2,15,18)/b11-8+. The Kier molecular flexibility index (Phi) is 2.48. The summed E-state index contributed by atoms with van der Waals surface area (Å²) in [4.78, 5) is 4.41. The Morgan fingerprint density at radius 2 is 2.00 bits per heavy atom. The van der Waals surface area contributed by atoms with Gasteiger partial charge in [-0.3, -0.25) is 4.99 Å². The number of hydrogen-bond acceptors (Lipinski definition) is 6. The van der Waals surface area contributed by atoms with Crippen LogP contribution in [-0.2, 0) is 16.0 Å². The van der Waals surface area contributed by atoms with Gasteiger partial charge in [-0.1, -0.05) is 5.57 Å². The molecule has 4 rings (SSSR count). The van der Waals surface area contributed by atoms with Gasteiger partial charge in [0.05, 0.1) is 12.2 Å². The first-order valence-corrected chi connectivity index (χ1v) is 6.63. The van der Waals surface area contributed by atoms with Crippen molar-refractivity contribution in [1.29, 1.82) is 0 Å². The number of rotatable bonds is 0. The Morgan fingerprint density at radius 3 is 2.95 bits per heavy atom. The Hall–Kier alpha value is -2.37. The Morgan fingerprint density at radius 1 is 1.10 bits per heavy atom. The molecule has 0 saturated heterocycles. The second-order valence-corrected chi connectivity index (χ2v) is 5.05. The van der Waals surface area contributed by atoms with Crippen LogP contribution >= 0.6 is 0 Å². The molecule has 0 spiro atoms. The van der Waals surface area contributed by atoms with Gasteiger partial charge < -0.3 is 15.2 Å². The van der Waals surface area contributed by atoms with E-state index in [9.17, 15) is 0 Å². The van der Waals surface area contributed by atoms with Gasteiger partial charge in [-0.25, -0.2) is 0 Å². The van der Waals surface area contributed by atoms with E-state index in [-0.39, 0.29) is 0 Å². The van der Waals surface area contributed by atoms with E-state index >= 15 is 0 Å². The van der Waals surface area contributed by atoms with Crippen LogP contribution in [0.25, 0.3) is 5.57 Å². The summed E-state index contributed by atoms with van der Waals surface area (Å²) in [5.74, 6) is 2.38. The van der Waals surface area contributed by atoms with Crippen molar-refractivity contribution < 1.29 is 9.47 Å². The van der Waals surface area contributed by atoms with Crippen molar-refractivity contribution >= 4 is 17.6 Å². The lowest BCUT2D eigenvalue weighted by molar-refractivity contribution is 0.0696. The van der Waals surface area contributed by atoms with E-state index < -0.39 is 0 Å². The molecule has 102 valence electrons. The van der Waals surface area contributed by atoms with Crippen molar-refractivity contribution in [2.75, 3.05) is 12.5 Å². The lowest BCUT2D eigenvalue weighted by Gasteiger charge is -2.17. The normalized spacial score (nSPS) is 24.0. The predicted octanol–water partition coefficient (Wildman–Crippen LogP) is 1.80. The van der Waals surface area contributed by atoms with Crippen LogP contribution in [0.3, 0.4) is 0 Å². The fraction of sp³-hybridized carbons (Fsp3) is 0.357. The molecule has 6 heteroatoms. The summed E-state index contributed by atoms with van der Waals surface area (Å²) < 4.78 is 11.0. The molecule has 1 aromatic rings. The van der Waals surface area contributed by atoms with Crippen molar-refractivity contribution in [3.05, 3.63) is 34.4 Å². The number of nitrogens with zero attached hydrogens (tertiary/aromatic N) is 3. The van der Waals surface area contributed by atoms with Crippen LogP contribution in [0.1, 0.15) is 30.5 Å². The van der Waals surface area contributed by atoms with Crippen LogP contribution < -0.4 is 5.73 Å². The van der Waals surface area contributed by atoms with Gasteiger partial charge in [0.1, 0.15) is 11.5 Å². The average Bonchev–Trinajstić information content (AvgIpc) is 2.85. The molecule has 0 atom stereocenters. The topological polar surface area (TPSA) is 82.6 Å². The highest BCUT2D eigenvalue weighted by molar-refractivity contribution is 6.13. The number of ether oxygens (including phenoxy) is 2. The van der Waals surface area contributed by atoms with Crippen LogP contribution in [0.4, 0.5) is 5.82 Å². The largest absolute Gasteiger partial charge is 0.458 e. The van der Waals surface area contributed by atoms with Gasteiger partial charge in [-0.05, 0) is 12.5 Å². The van der Waals surface area contributed by atoms with Crippen molar-refractivity contribution in [1.82, 2.24) is 10.2 Å². The molecule has 20 heavy (non-hydrogen) atoms. The molecule has 1 aliphatic carbocycles. The fourth-order valence-corrected chi connectivity index (χ4v) is 2.79. The quantitative estimate of drug-likeness (QED) is 0.777. The lowest BCUT2D eigenvalue weighted by Crippen LogP contribution is -2.06. The summed E-state index contributed by atoms with van der Waals surface area (Å²) >= 11 is 0. The number of fused-ring (bicyclic) bond motifs is 2. The van der Waals surface area contributed by atoms with Crippen molar-refractivity contribution in [2.24, 2.45) is 4.99 Å². The van der Waals surface area contributed by atoms with Gasteiger partial charge in [-0.15, -0.1) is 5.10 Å². The van der Waals surface area contributed by atoms with E-state index in [1.165, 1.54) is 5.57 Å². The van der Waals surface area contributed by atoms with E-state index in [1.54, 1.807) is 0 Å². The van der Waals surface area contributed by atoms with Gasteiger partial charge in [0.2, 0.25) is 6.79 Å². The third kappa shape index (κ3) is 1.76. The number of anilines is 1. The zero-order valence-electron chi connectivity index (χ0n) is 10.9. The number of hydrogen-bond donors (Lipinski definition) is 1. The molecule has 0 unspecified atom stereocenters. The molecule has 3 aliphatic rings. The monoisotopic (exact) mass is 270 g/mol. The van der Waals surface area contributed by atoms with E-state index in [0.29, 0.717) is 19.2 Å². The average molecular weight is 270 g/mol. The molecular weight excluding hydrogens is 256 g/mol. The van der Waals surface area contributed by atoms with Crippen LogP contribution in [0, 0.1) is 0 Å². The summed E-state index contributed by atoms with van der Waals surface area (Å²) in [7, 11) is 0. The maximum atomic E-state index is 5.97. The minimum absolute atomic E-state index is 0.338. The van der Waals surface area contributed by atoms with Gasteiger partial charge in [0, 0.05) is 30.2 Å². The molecule has 0 fully saturated rings. The Balaban J connectivity index is 1.81. The lowest BCUT2D eigenvalue weighted by atomic mass is 9.91. The Labute approximate surface area is 116 Å². The van der Waals surface area contributed by atoms with Gasteiger partial charge in [0.15, 0.2) is 5.82 Å². The maximum absolute atomic E-state index is 5.97. The molecule has 0 radical (unpaired) electrons. The second kappa shape index (κ2) is 4.33. The molecule has 2 bridgehead atoms. The molecule has 2 N–H and O–H groups in total. The third-order valence-electron chi connectivity index (χ3n) is 3.82. The third-order valence-corrected chi connectivity index (χ3v) is 3.82. The van der Waals surface area contributed by atoms with E-state index in [0.717, 1.165) is 47.6 Å². The summed E-state index contributed by atoms with van der Waals surface area (Å²) in [6.07, 6.45) is 4.44. The van der Waals surface area contributed by atoms with Gasteiger partial charge >= 0.3 is 0 Å². The molecule has 1 aromatic heterocycles. The Bertz CT molecular complexity index is 676. The van der Waals surface area contributed by atoms with Crippen molar-refractivity contribution in [3.8, 4) is 0 Å². The number of aliphatic imine (C=N–C) groups is 1. The van der Waals surface area contributed by atoms with Gasteiger partial charge in [-0.2, -0.15) is 5.10 Å². The maximum Gasteiger partial charge on any atom is 0.230 e. The zero-order chi connectivity index (χ0) is 13.5. The SMILES string of the molecule is Nc1nnc2cc1/C(=C1\CCC3=C(C1)OCO3)C=NC2. The van der Waals surface area contributed by atoms with Crippen molar-refractivity contribution in [3.63, 3.8) is 0 Å². The molecule has 3 heterocycles. The number of nitrogens with two attached hydrogens (primary N) is 1. The number of nitrogen functional groups attached to an aromatic ring is 1. The highest BCUT2D eigenvalue weighted by Crippen LogP contribution is 2.38. The highest BCUT2D eigenvalue weighted by Gasteiger charge is 2.26. The molecule has 6 nitrogen and oxygen atoms in total. The first-order chi connectivity index (χ1) is 9.81. The minimum atomic E-state index is 0.338. The smallest absolute Gasteiger partial charge is 0.230 e. The zero-order valence-corrected chi connectivity index (χ0v) is 10.9. The summed E-state index contributed by atoms with van der Waals surface area (Å²) in [6.45, 7) is 0.884. The van der Waals surface area contributed by atoms with Crippen LogP contribution in [0.15, 0.2) is 28.2 Å². The molecule has 0 saturated carbocycles. The molecule has 0 aromatic carbocycles. The first kappa shape index (κ1) is 11.5. The van der Waals surface area contributed by atoms with Crippen LogP contribution in [-0.4, -0.2) is 23.2 Å². The second-order valence-electron chi connectivity index (χ2n) is 5.05. The summed E-state index contributed by atoms with van der Waals surface area (Å²) in [6, 6.07) is 1.98. The molecular formula is C14H14N4O2. The fourth-order valence-electron chi connectivity index (χ4n) is 2.79. The van der Waals surface area contributed by atoms with Crippen molar-refractivity contribution in [2.45, 2.75) is 25.8 Å². The van der Waals surface area contributed by atoms with E-state index in [1.807, 2.05) is 12.3 Å². The van der Waals surface area contributed by atoms with Crippen LogP contribution in [0.2, 0.25) is 0 Å². The van der Waals surface area contributed by atoms with E-state index in [4.69, 9.17) is 15.2 Å². The predicted molar refractivity (Wildman–Crippen MR) is 73.5 cm³/mol. The molecule has 2 aliphatic heterocycles. The number of aromatic nitrogens is 2. The molecule has 0 amide bonds. The summed E-state index contributed by atoms with van der Waals surface area (Å²) in [5, 5.41) is 8.05. The number of allylic oxidation sites excluding steroid dienone is 3. The summed E-state index contributed by atoms with van der Waals surface area (Å²) in [5.41, 5.74) is 10.1. The van der Waals surface area contributed by atoms with Gasteiger partial charge in [0.25, 0.3) is 0 Å².